The van der Waals surface area contributed by atoms with Gasteiger partial charge in [0.1, 0.15) is 0 Å². The topological polar surface area (TPSA) is 66.4 Å². The zero-order valence-corrected chi connectivity index (χ0v) is 14.0. The molecule has 116 valence electrons. The second kappa shape index (κ2) is 8.82. The first kappa shape index (κ1) is 17.7. The second-order valence-electron chi connectivity index (χ2n) is 5.70. The fraction of sp³-hybridized carbons (Fsp3) is 0.500. The van der Waals surface area contributed by atoms with Gasteiger partial charge in [-0.15, -0.1) is 0 Å². The van der Waals surface area contributed by atoms with Crippen LogP contribution in [0.3, 0.4) is 0 Å². The van der Waals surface area contributed by atoms with Crippen molar-refractivity contribution in [2.75, 3.05) is 6.54 Å². The first-order chi connectivity index (χ1) is 9.86. The van der Waals surface area contributed by atoms with E-state index in [4.69, 9.17) is 5.11 Å². The minimum atomic E-state index is -0.817. The Balaban J connectivity index is 2.44. The lowest BCUT2D eigenvalue weighted by Gasteiger charge is -2.17. The first-order valence-electron chi connectivity index (χ1n) is 7.09. The molecule has 0 unspecified atom stereocenters. The number of hydrogen-bond donors (Lipinski definition) is 2. The highest BCUT2D eigenvalue weighted by Gasteiger charge is 2.16. The molecule has 0 heterocycles. The van der Waals surface area contributed by atoms with Crippen LogP contribution < -0.4 is 5.32 Å². The van der Waals surface area contributed by atoms with Gasteiger partial charge in [-0.05, 0) is 36.0 Å². The largest absolute Gasteiger partial charge is 0.481 e. The van der Waals surface area contributed by atoms with Crippen LogP contribution in [0, 0.1) is 11.8 Å². The Kier molecular flexibility index (Phi) is 7.43. The van der Waals surface area contributed by atoms with Crippen LogP contribution in [0.4, 0.5) is 0 Å². The molecule has 1 aromatic rings. The predicted octanol–water partition coefficient (Wildman–Crippen LogP) is 3.24. The van der Waals surface area contributed by atoms with E-state index in [2.05, 4.69) is 35.1 Å². The molecular formula is C16H22BrNO3. The average Bonchev–Trinajstić information content (AvgIpc) is 2.37. The molecule has 0 aliphatic rings. The zero-order valence-electron chi connectivity index (χ0n) is 12.4. The lowest BCUT2D eigenvalue weighted by atomic mass is 9.94. The SMILES string of the molecule is CC(C)C[C@H](CNC(=O)Cc1ccc(Br)cc1)CC(=O)O. The van der Waals surface area contributed by atoms with Gasteiger partial charge in [-0.25, -0.2) is 0 Å². The Bertz CT molecular complexity index is 471. The van der Waals surface area contributed by atoms with Crippen molar-refractivity contribution in [2.24, 2.45) is 11.8 Å². The molecule has 0 aliphatic heterocycles. The lowest BCUT2D eigenvalue weighted by Crippen LogP contribution is -2.32. The molecule has 0 aliphatic carbocycles. The van der Waals surface area contributed by atoms with E-state index in [9.17, 15) is 9.59 Å². The summed E-state index contributed by atoms with van der Waals surface area (Å²) in [5.41, 5.74) is 0.939. The molecule has 2 N–H and O–H groups in total. The molecular weight excluding hydrogens is 334 g/mol. The Morgan fingerprint density at radius 3 is 2.38 bits per heavy atom. The Morgan fingerprint density at radius 2 is 1.86 bits per heavy atom. The van der Waals surface area contributed by atoms with Crippen molar-refractivity contribution < 1.29 is 14.7 Å². The van der Waals surface area contributed by atoms with Gasteiger partial charge >= 0.3 is 5.97 Å². The van der Waals surface area contributed by atoms with Crippen LogP contribution in [-0.2, 0) is 16.0 Å². The highest BCUT2D eigenvalue weighted by atomic mass is 79.9. The molecule has 0 fully saturated rings. The van der Waals surface area contributed by atoms with Gasteiger partial charge in [0.15, 0.2) is 0 Å². The number of carboxylic acids is 1. The standard InChI is InChI=1S/C16H22BrNO3/c1-11(2)7-13(9-16(20)21)10-18-15(19)8-12-3-5-14(17)6-4-12/h3-6,11,13H,7-10H2,1-2H3,(H,18,19)(H,20,21)/t13-/m0/s1. The maximum Gasteiger partial charge on any atom is 0.303 e. The molecule has 1 atom stereocenters. The summed E-state index contributed by atoms with van der Waals surface area (Å²) in [6, 6.07) is 7.59. The molecule has 21 heavy (non-hydrogen) atoms. The molecule has 0 bridgehead atoms. The van der Waals surface area contributed by atoms with Crippen LogP contribution in [0.25, 0.3) is 0 Å². The molecule has 1 aromatic carbocycles. The molecule has 1 rings (SSSR count). The Morgan fingerprint density at radius 1 is 1.24 bits per heavy atom. The van der Waals surface area contributed by atoms with Crippen LogP contribution in [0.15, 0.2) is 28.7 Å². The van der Waals surface area contributed by atoms with Gasteiger partial charge in [-0.3, -0.25) is 9.59 Å². The number of halogens is 1. The summed E-state index contributed by atoms with van der Waals surface area (Å²) >= 11 is 3.35. The van der Waals surface area contributed by atoms with Crippen molar-refractivity contribution in [3.05, 3.63) is 34.3 Å². The number of amides is 1. The summed E-state index contributed by atoms with van der Waals surface area (Å²) < 4.78 is 0.977. The van der Waals surface area contributed by atoms with Crippen molar-refractivity contribution in [1.82, 2.24) is 5.32 Å². The molecule has 0 aromatic heterocycles. The first-order valence-corrected chi connectivity index (χ1v) is 7.89. The van der Waals surface area contributed by atoms with Gasteiger partial charge in [-0.1, -0.05) is 41.9 Å². The van der Waals surface area contributed by atoms with Gasteiger partial charge in [0.25, 0.3) is 0 Å². The molecule has 5 heteroatoms. The smallest absolute Gasteiger partial charge is 0.303 e. The second-order valence-corrected chi connectivity index (χ2v) is 6.62. The summed E-state index contributed by atoms with van der Waals surface area (Å²) in [5.74, 6) is -0.492. The number of benzene rings is 1. The van der Waals surface area contributed by atoms with Crippen molar-refractivity contribution in [3.63, 3.8) is 0 Å². The molecule has 0 spiro atoms. The van der Waals surface area contributed by atoms with E-state index in [1.54, 1.807) is 0 Å². The molecule has 0 radical (unpaired) electrons. The third-order valence-corrected chi connectivity index (χ3v) is 3.66. The van der Waals surface area contributed by atoms with Gasteiger partial charge < -0.3 is 10.4 Å². The van der Waals surface area contributed by atoms with Crippen molar-refractivity contribution >= 4 is 27.8 Å². The lowest BCUT2D eigenvalue weighted by molar-refractivity contribution is -0.138. The summed E-state index contributed by atoms with van der Waals surface area (Å²) in [5, 5.41) is 11.7. The number of nitrogens with one attached hydrogen (secondary N) is 1. The Hall–Kier alpha value is -1.36. The predicted molar refractivity (Wildman–Crippen MR) is 86.1 cm³/mol. The number of rotatable bonds is 8. The summed E-state index contributed by atoms with van der Waals surface area (Å²) in [6.45, 7) is 4.52. The van der Waals surface area contributed by atoms with E-state index in [0.29, 0.717) is 18.9 Å². The van der Waals surface area contributed by atoms with Crippen molar-refractivity contribution in [3.8, 4) is 0 Å². The Labute approximate surface area is 134 Å². The van der Waals surface area contributed by atoms with E-state index in [1.807, 2.05) is 24.3 Å². The fourth-order valence-corrected chi connectivity index (χ4v) is 2.53. The number of hydrogen-bond acceptors (Lipinski definition) is 2. The molecule has 0 saturated carbocycles. The van der Waals surface area contributed by atoms with E-state index in [-0.39, 0.29) is 18.2 Å². The van der Waals surface area contributed by atoms with Gasteiger partial charge in [0.05, 0.1) is 6.42 Å². The third kappa shape index (κ3) is 7.85. The minimum absolute atomic E-state index is 0.0173. The average molecular weight is 356 g/mol. The van der Waals surface area contributed by atoms with E-state index < -0.39 is 5.97 Å². The number of aliphatic carboxylic acids is 1. The van der Waals surface area contributed by atoms with Crippen LogP contribution in [0.1, 0.15) is 32.3 Å². The molecule has 1 amide bonds. The normalized spacial score (nSPS) is 12.2. The van der Waals surface area contributed by atoms with Gasteiger partial charge in [0, 0.05) is 17.4 Å². The minimum Gasteiger partial charge on any atom is -0.481 e. The van der Waals surface area contributed by atoms with Crippen molar-refractivity contribution in [2.45, 2.75) is 33.1 Å². The highest BCUT2D eigenvalue weighted by molar-refractivity contribution is 9.10. The van der Waals surface area contributed by atoms with E-state index in [0.717, 1.165) is 16.5 Å². The zero-order chi connectivity index (χ0) is 15.8. The van der Waals surface area contributed by atoms with Crippen molar-refractivity contribution in [1.29, 1.82) is 0 Å². The van der Waals surface area contributed by atoms with E-state index >= 15 is 0 Å². The molecule has 4 nitrogen and oxygen atoms in total. The molecule has 0 saturated heterocycles. The summed E-state index contributed by atoms with van der Waals surface area (Å²) in [7, 11) is 0. The van der Waals surface area contributed by atoms with Gasteiger partial charge in [-0.2, -0.15) is 0 Å². The monoisotopic (exact) mass is 355 g/mol. The van der Waals surface area contributed by atoms with Crippen LogP contribution in [-0.4, -0.2) is 23.5 Å². The number of carbonyl (C=O) groups is 2. The van der Waals surface area contributed by atoms with Gasteiger partial charge in [0.2, 0.25) is 5.91 Å². The third-order valence-electron chi connectivity index (χ3n) is 3.13. The summed E-state index contributed by atoms with van der Waals surface area (Å²) in [4.78, 5) is 22.7. The van der Waals surface area contributed by atoms with Crippen LogP contribution in [0.5, 0.6) is 0 Å². The van der Waals surface area contributed by atoms with E-state index in [1.165, 1.54) is 0 Å². The summed E-state index contributed by atoms with van der Waals surface area (Å²) in [6.07, 6.45) is 1.20. The fourth-order valence-electron chi connectivity index (χ4n) is 2.26. The van der Waals surface area contributed by atoms with Crippen LogP contribution in [0.2, 0.25) is 0 Å². The maximum absolute atomic E-state index is 11.9. The quantitative estimate of drug-likeness (QED) is 0.752. The number of carbonyl (C=O) groups excluding carboxylic acids is 1. The highest BCUT2D eigenvalue weighted by Crippen LogP contribution is 2.15. The van der Waals surface area contributed by atoms with Crippen LogP contribution >= 0.6 is 15.9 Å². The maximum atomic E-state index is 11.9. The number of carboxylic acid groups (broad SMARTS) is 1.